The third-order valence-corrected chi connectivity index (χ3v) is 4.33. The average molecular weight is 292 g/mol. The number of alkyl halides is 2. The Morgan fingerprint density at radius 2 is 2.00 bits per heavy atom. The predicted molar refractivity (Wildman–Crippen MR) is 68.0 cm³/mol. The van der Waals surface area contributed by atoms with Crippen molar-refractivity contribution in [1.82, 2.24) is 0 Å². The molecule has 4 unspecified atom stereocenters. The lowest BCUT2D eigenvalue weighted by atomic mass is 9.62. The highest BCUT2D eigenvalue weighted by Gasteiger charge is 2.52. The largest absolute Gasteiger partial charge is 0.454 e. The second-order valence-electron chi connectivity index (χ2n) is 6.07. The number of ketones is 1. The first-order chi connectivity index (χ1) is 8.63. The van der Waals surface area contributed by atoms with Crippen LogP contribution in [0.3, 0.4) is 0 Å². The Labute approximate surface area is 116 Å². The van der Waals surface area contributed by atoms with Gasteiger partial charge in [0.25, 0.3) is 0 Å². The fourth-order valence-corrected chi connectivity index (χ4v) is 3.69. The minimum atomic E-state index is -3.78. The molecule has 3 nitrogen and oxygen atoms in total. The average Bonchev–Trinajstić information content (AvgIpc) is 2.23. The van der Waals surface area contributed by atoms with Crippen LogP contribution in [0.4, 0.5) is 8.78 Å². The van der Waals surface area contributed by atoms with Crippen LogP contribution >= 0.6 is 12.6 Å². The van der Waals surface area contributed by atoms with Crippen LogP contribution in [0.1, 0.15) is 39.5 Å². The molecule has 4 atom stereocenters. The van der Waals surface area contributed by atoms with E-state index < -0.39 is 16.8 Å². The first-order valence-corrected chi connectivity index (χ1v) is 6.95. The van der Waals surface area contributed by atoms with Crippen molar-refractivity contribution in [3.63, 3.8) is 0 Å². The van der Waals surface area contributed by atoms with Gasteiger partial charge in [-0.2, -0.15) is 8.78 Å². The number of fused-ring (bicyclic) bond motifs is 2. The molecule has 0 heterocycles. The Morgan fingerprint density at radius 1 is 1.37 bits per heavy atom. The molecule has 0 saturated heterocycles. The molecular formula is C13H18F2O3S. The molecule has 0 N–H and O–H groups in total. The molecule has 108 valence electrons. The Bertz CT molecular complexity index is 403. The van der Waals surface area contributed by atoms with E-state index in [9.17, 15) is 18.4 Å². The second kappa shape index (κ2) is 4.72. The van der Waals surface area contributed by atoms with Crippen LogP contribution in [0.2, 0.25) is 0 Å². The predicted octanol–water partition coefficient (Wildman–Crippen LogP) is 2.84. The van der Waals surface area contributed by atoms with Crippen molar-refractivity contribution in [3.8, 4) is 0 Å². The summed E-state index contributed by atoms with van der Waals surface area (Å²) >= 11 is 2.95. The quantitative estimate of drug-likeness (QED) is 0.628. The van der Waals surface area contributed by atoms with Crippen LogP contribution in [-0.2, 0) is 14.3 Å². The molecule has 0 radical (unpaired) electrons. The summed E-state index contributed by atoms with van der Waals surface area (Å²) in [7, 11) is 0. The van der Waals surface area contributed by atoms with Gasteiger partial charge in [-0.3, -0.25) is 4.79 Å². The van der Waals surface area contributed by atoms with Crippen LogP contribution in [-0.4, -0.2) is 22.6 Å². The van der Waals surface area contributed by atoms with Gasteiger partial charge >= 0.3 is 11.2 Å². The number of ether oxygens (including phenoxy) is 1. The molecule has 6 heteroatoms. The van der Waals surface area contributed by atoms with Gasteiger partial charge in [-0.1, -0.05) is 26.5 Å². The molecule has 2 rings (SSSR count). The van der Waals surface area contributed by atoms with E-state index in [0.717, 1.165) is 6.42 Å². The van der Waals surface area contributed by atoms with Gasteiger partial charge in [0.15, 0.2) is 0 Å². The lowest BCUT2D eigenvalue weighted by molar-refractivity contribution is -0.191. The lowest BCUT2D eigenvalue weighted by Crippen LogP contribution is -2.52. The highest BCUT2D eigenvalue weighted by atomic mass is 32.1. The van der Waals surface area contributed by atoms with Crippen molar-refractivity contribution in [2.75, 3.05) is 0 Å². The maximum absolute atomic E-state index is 12.9. The summed E-state index contributed by atoms with van der Waals surface area (Å²) in [5.74, 6) is -1.67. The van der Waals surface area contributed by atoms with Gasteiger partial charge in [-0.15, -0.1) is 0 Å². The van der Waals surface area contributed by atoms with E-state index in [0.29, 0.717) is 19.3 Å². The first-order valence-electron chi connectivity index (χ1n) is 6.50. The van der Waals surface area contributed by atoms with Crippen molar-refractivity contribution in [3.05, 3.63) is 0 Å². The molecule has 19 heavy (non-hydrogen) atoms. The summed E-state index contributed by atoms with van der Waals surface area (Å²) in [6, 6.07) is 0. The van der Waals surface area contributed by atoms with Crippen molar-refractivity contribution < 1.29 is 23.1 Å². The Morgan fingerprint density at radius 3 is 2.58 bits per heavy atom. The maximum Gasteiger partial charge on any atom is 0.388 e. The first kappa shape index (κ1) is 14.8. The Balaban J connectivity index is 2.20. The summed E-state index contributed by atoms with van der Waals surface area (Å²) in [5.41, 5.74) is -0.918. The van der Waals surface area contributed by atoms with E-state index in [4.69, 9.17) is 4.74 Å². The van der Waals surface area contributed by atoms with Crippen LogP contribution in [0, 0.1) is 17.8 Å². The number of carbonyl (C=O) groups excluding carboxylic acids is 2. The van der Waals surface area contributed by atoms with E-state index in [2.05, 4.69) is 12.6 Å². The van der Waals surface area contributed by atoms with E-state index in [1.54, 1.807) is 6.92 Å². The van der Waals surface area contributed by atoms with Crippen molar-refractivity contribution >= 4 is 24.4 Å². The lowest BCUT2D eigenvalue weighted by Gasteiger charge is -2.48. The number of hydrogen-bond donors (Lipinski definition) is 1. The number of carbonyl (C=O) groups is 2. The minimum Gasteiger partial charge on any atom is -0.454 e. The number of halogens is 2. The van der Waals surface area contributed by atoms with E-state index >= 15 is 0 Å². The Kier molecular flexibility index (Phi) is 3.66. The number of esters is 1. The zero-order valence-corrected chi connectivity index (χ0v) is 11.9. The molecule has 0 spiro atoms. The van der Waals surface area contributed by atoms with Gasteiger partial charge in [-0.05, 0) is 31.6 Å². The molecule has 2 fully saturated rings. The van der Waals surface area contributed by atoms with Gasteiger partial charge in [0.1, 0.15) is 11.4 Å². The topological polar surface area (TPSA) is 43.4 Å². The molecule has 2 saturated carbocycles. The monoisotopic (exact) mass is 292 g/mol. The smallest absolute Gasteiger partial charge is 0.388 e. The fraction of sp³-hybridized carbons (Fsp3) is 0.846. The molecule has 0 aromatic carbocycles. The van der Waals surface area contributed by atoms with Gasteiger partial charge in [0.05, 0.1) is 0 Å². The van der Waals surface area contributed by atoms with Gasteiger partial charge in [0.2, 0.25) is 0 Å². The number of hydrogen-bond acceptors (Lipinski definition) is 4. The van der Waals surface area contributed by atoms with Crippen LogP contribution in [0.25, 0.3) is 0 Å². The van der Waals surface area contributed by atoms with Crippen LogP contribution < -0.4 is 0 Å². The summed E-state index contributed by atoms with van der Waals surface area (Å²) in [5, 5.41) is -3.78. The fourth-order valence-electron chi connectivity index (χ4n) is 3.65. The summed E-state index contributed by atoms with van der Waals surface area (Å²) < 4.78 is 30.9. The second-order valence-corrected chi connectivity index (χ2v) is 6.63. The third kappa shape index (κ3) is 2.93. The van der Waals surface area contributed by atoms with Gasteiger partial charge < -0.3 is 4.74 Å². The zero-order valence-electron chi connectivity index (χ0n) is 11.0. The van der Waals surface area contributed by atoms with Gasteiger partial charge in [-0.25, -0.2) is 4.79 Å². The number of thiol groups is 1. The molecular weight excluding hydrogens is 274 g/mol. The van der Waals surface area contributed by atoms with Gasteiger partial charge in [0, 0.05) is 11.8 Å². The van der Waals surface area contributed by atoms with E-state index in [1.165, 1.54) is 0 Å². The minimum absolute atomic E-state index is 0.163. The normalized spacial score (nSPS) is 39.0. The van der Waals surface area contributed by atoms with Crippen molar-refractivity contribution in [2.24, 2.45) is 17.8 Å². The van der Waals surface area contributed by atoms with Crippen LogP contribution in [0.5, 0.6) is 0 Å². The number of rotatable bonds is 2. The molecule has 0 amide bonds. The van der Waals surface area contributed by atoms with Crippen molar-refractivity contribution in [2.45, 2.75) is 50.4 Å². The van der Waals surface area contributed by atoms with E-state index in [1.807, 2.05) is 6.92 Å². The Hall–Kier alpha value is -0.650. The molecule has 0 aromatic heterocycles. The standard InChI is InChI=1S/C13H18F2O3S/c1-7-3-9-6-12(4-7,5-8(2)10(9)16)18-11(17)13(14,15)19/h7-9,19H,3-6H2,1-2H3. The SMILES string of the molecule is CC1CC2CC(OC(=O)C(F)(F)S)(C1)CC(C)C2=O. The maximum atomic E-state index is 12.9. The highest BCUT2D eigenvalue weighted by Crippen LogP contribution is 2.48. The highest BCUT2D eigenvalue weighted by molar-refractivity contribution is 7.82. The molecule has 0 aliphatic heterocycles. The van der Waals surface area contributed by atoms with Crippen molar-refractivity contribution in [1.29, 1.82) is 0 Å². The summed E-state index contributed by atoms with van der Waals surface area (Å²) in [6.07, 6.45) is 1.99. The third-order valence-electron chi connectivity index (χ3n) is 4.15. The molecule has 0 aromatic rings. The summed E-state index contributed by atoms with van der Waals surface area (Å²) in [4.78, 5) is 23.4. The number of Topliss-reactive ketones (excluding diaryl/α,β-unsaturated/α-hetero) is 1. The van der Waals surface area contributed by atoms with E-state index in [-0.39, 0.29) is 23.5 Å². The zero-order chi connectivity index (χ0) is 14.4. The molecule has 2 aliphatic carbocycles. The summed E-state index contributed by atoms with van der Waals surface area (Å²) in [6.45, 7) is 3.72. The van der Waals surface area contributed by atoms with Crippen LogP contribution in [0.15, 0.2) is 0 Å². The molecule has 2 bridgehead atoms. The molecule has 2 aliphatic rings.